The van der Waals surface area contributed by atoms with Crippen LogP contribution in [0.15, 0.2) is 0 Å². The van der Waals surface area contributed by atoms with Crippen LogP contribution in [-0.4, -0.2) is 18.1 Å². The summed E-state index contributed by atoms with van der Waals surface area (Å²) < 4.78 is 5.05. The number of halogens is 1. The van der Waals surface area contributed by atoms with Gasteiger partial charge in [-0.25, -0.2) is 4.98 Å². The molecule has 1 heterocycles. The first-order chi connectivity index (χ1) is 5.63. The number of carbonyl (C=O) groups excluding carboxylic acids is 1. The van der Waals surface area contributed by atoms with Crippen LogP contribution in [-0.2, 0) is 16.0 Å². The normalized spacial score (nSPS) is 9.92. The van der Waals surface area contributed by atoms with Crippen LogP contribution >= 0.6 is 22.9 Å². The Morgan fingerprint density at radius 1 is 1.75 bits per heavy atom. The molecule has 0 saturated carbocycles. The van der Waals surface area contributed by atoms with E-state index in [4.69, 9.17) is 11.6 Å². The lowest BCUT2D eigenvalue weighted by Gasteiger charge is -1.94. The summed E-state index contributed by atoms with van der Waals surface area (Å²) >= 11 is 7.16. The molecule has 3 nitrogen and oxygen atoms in total. The number of hydrogen-bond acceptors (Lipinski definition) is 4. The molecule has 0 spiro atoms. The predicted molar refractivity (Wildman–Crippen MR) is 47.6 cm³/mol. The van der Waals surface area contributed by atoms with Crippen molar-refractivity contribution < 1.29 is 9.53 Å². The molecular formula is C7H8ClNO2S. The van der Waals surface area contributed by atoms with Crippen molar-refractivity contribution in [1.82, 2.24) is 4.98 Å². The molecule has 0 atom stereocenters. The molecule has 0 amide bonds. The Morgan fingerprint density at radius 3 is 2.83 bits per heavy atom. The third-order valence-electron chi connectivity index (χ3n) is 1.30. The van der Waals surface area contributed by atoms with Gasteiger partial charge in [0.1, 0.15) is 4.34 Å². The van der Waals surface area contributed by atoms with Crippen molar-refractivity contribution in [2.24, 2.45) is 0 Å². The Morgan fingerprint density at radius 2 is 2.42 bits per heavy atom. The van der Waals surface area contributed by atoms with E-state index in [9.17, 15) is 4.79 Å². The van der Waals surface area contributed by atoms with Gasteiger partial charge in [-0.3, -0.25) is 4.79 Å². The largest absolute Gasteiger partial charge is 0.469 e. The van der Waals surface area contributed by atoms with Crippen molar-refractivity contribution in [3.63, 3.8) is 0 Å². The average Bonchev–Trinajstić information content (AvgIpc) is 2.30. The molecule has 0 unspecified atom stereocenters. The molecule has 0 aromatic carbocycles. The van der Waals surface area contributed by atoms with Crippen molar-refractivity contribution in [2.75, 3.05) is 7.11 Å². The van der Waals surface area contributed by atoms with Crippen LogP contribution in [0.25, 0.3) is 0 Å². The van der Waals surface area contributed by atoms with Crippen LogP contribution in [0.5, 0.6) is 0 Å². The van der Waals surface area contributed by atoms with Gasteiger partial charge in [-0.2, -0.15) is 0 Å². The molecule has 0 fully saturated rings. The standard InChI is InChI=1S/C7H8ClNO2S/c1-4-9-5(7(8)12-4)3-6(10)11-2/h3H2,1-2H3. The fourth-order valence-electron chi connectivity index (χ4n) is 0.763. The van der Waals surface area contributed by atoms with Crippen molar-refractivity contribution in [2.45, 2.75) is 13.3 Å². The number of aryl methyl sites for hydroxylation is 1. The van der Waals surface area contributed by atoms with Gasteiger partial charge in [0.2, 0.25) is 0 Å². The lowest BCUT2D eigenvalue weighted by Crippen LogP contribution is -2.04. The summed E-state index contributed by atoms with van der Waals surface area (Å²) in [4.78, 5) is 14.9. The van der Waals surface area contributed by atoms with Crippen LogP contribution in [0.3, 0.4) is 0 Å². The number of hydrogen-bond donors (Lipinski definition) is 0. The molecule has 0 radical (unpaired) electrons. The fourth-order valence-corrected chi connectivity index (χ4v) is 1.86. The number of carbonyl (C=O) groups is 1. The SMILES string of the molecule is COC(=O)Cc1nc(C)sc1Cl. The van der Waals surface area contributed by atoms with Crippen LogP contribution < -0.4 is 0 Å². The van der Waals surface area contributed by atoms with E-state index in [0.717, 1.165) is 5.01 Å². The summed E-state index contributed by atoms with van der Waals surface area (Å²) in [5.74, 6) is -0.317. The fraction of sp³-hybridized carbons (Fsp3) is 0.429. The maximum absolute atomic E-state index is 10.8. The summed E-state index contributed by atoms with van der Waals surface area (Å²) in [5, 5.41) is 0.860. The van der Waals surface area contributed by atoms with Crippen LogP contribution in [0.2, 0.25) is 4.34 Å². The second kappa shape index (κ2) is 3.87. The minimum Gasteiger partial charge on any atom is -0.469 e. The van der Waals surface area contributed by atoms with Crippen molar-refractivity contribution in [3.05, 3.63) is 15.0 Å². The number of methoxy groups -OCH3 is 1. The number of ether oxygens (including phenoxy) is 1. The van der Waals surface area contributed by atoms with E-state index in [0.29, 0.717) is 10.0 Å². The molecule has 0 N–H and O–H groups in total. The lowest BCUT2D eigenvalue weighted by molar-refractivity contribution is -0.139. The summed E-state index contributed by atoms with van der Waals surface area (Å²) in [5.41, 5.74) is 0.603. The minimum absolute atomic E-state index is 0.152. The second-order valence-corrected chi connectivity index (χ2v) is 4.01. The molecule has 5 heteroatoms. The smallest absolute Gasteiger partial charge is 0.311 e. The highest BCUT2D eigenvalue weighted by Crippen LogP contribution is 2.23. The summed E-state index contributed by atoms with van der Waals surface area (Å²) in [6.45, 7) is 1.84. The molecule has 0 aliphatic carbocycles. The lowest BCUT2D eigenvalue weighted by atomic mass is 10.3. The number of nitrogens with zero attached hydrogens (tertiary/aromatic N) is 1. The van der Waals surface area contributed by atoms with Crippen LogP contribution in [0.4, 0.5) is 0 Å². The maximum atomic E-state index is 10.8. The molecular weight excluding hydrogens is 198 g/mol. The zero-order chi connectivity index (χ0) is 9.14. The van der Waals surface area contributed by atoms with Gasteiger partial charge in [0.25, 0.3) is 0 Å². The number of aromatic nitrogens is 1. The van der Waals surface area contributed by atoms with Gasteiger partial charge in [0.05, 0.1) is 24.2 Å². The molecule has 1 aromatic rings. The highest BCUT2D eigenvalue weighted by molar-refractivity contribution is 7.15. The minimum atomic E-state index is -0.317. The predicted octanol–water partition coefficient (Wildman–Crippen LogP) is 1.82. The van der Waals surface area contributed by atoms with Crippen molar-refractivity contribution >= 4 is 28.9 Å². The number of rotatable bonds is 2. The van der Waals surface area contributed by atoms with E-state index < -0.39 is 0 Å². The Kier molecular flexibility index (Phi) is 3.05. The maximum Gasteiger partial charge on any atom is 0.311 e. The van der Waals surface area contributed by atoms with Crippen LogP contribution in [0, 0.1) is 6.92 Å². The number of esters is 1. The third-order valence-corrected chi connectivity index (χ3v) is 2.55. The van der Waals surface area contributed by atoms with Gasteiger partial charge in [-0.15, -0.1) is 11.3 Å². The Balaban J connectivity index is 2.75. The third kappa shape index (κ3) is 2.19. The molecule has 0 bridgehead atoms. The van der Waals surface area contributed by atoms with Gasteiger partial charge in [-0.05, 0) is 6.92 Å². The summed E-state index contributed by atoms with van der Waals surface area (Å²) in [7, 11) is 1.34. The molecule has 0 aliphatic rings. The first-order valence-electron chi connectivity index (χ1n) is 3.32. The van der Waals surface area contributed by atoms with Gasteiger partial charge >= 0.3 is 5.97 Å². The highest BCUT2D eigenvalue weighted by atomic mass is 35.5. The molecule has 0 saturated heterocycles. The van der Waals surface area contributed by atoms with E-state index in [2.05, 4.69) is 9.72 Å². The van der Waals surface area contributed by atoms with E-state index in [1.807, 2.05) is 6.92 Å². The zero-order valence-corrected chi connectivity index (χ0v) is 8.33. The summed E-state index contributed by atoms with van der Waals surface area (Å²) in [6, 6.07) is 0. The van der Waals surface area contributed by atoms with E-state index in [1.165, 1.54) is 18.4 Å². The van der Waals surface area contributed by atoms with E-state index >= 15 is 0 Å². The van der Waals surface area contributed by atoms with Gasteiger partial charge in [-0.1, -0.05) is 11.6 Å². The molecule has 1 rings (SSSR count). The van der Waals surface area contributed by atoms with E-state index in [1.54, 1.807) is 0 Å². The molecule has 0 aliphatic heterocycles. The zero-order valence-electron chi connectivity index (χ0n) is 6.76. The van der Waals surface area contributed by atoms with Crippen molar-refractivity contribution in [1.29, 1.82) is 0 Å². The Labute approximate surface area is 79.3 Å². The number of thiazole rings is 1. The molecule has 12 heavy (non-hydrogen) atoms. The first kappa shape index (κ1) is 9.48. The van der Waals surface area contributed by atoms with Gasteiger partial charge < -0.3 is 4.74 Å². The topological polar surface area (TPSA) is 39.2 Å². The molecule has 66 valence electrons. The second-order valence-electron chi connectivity index (χ2n) is 2.21. The van der Waals surface area contributed by atoms with Crippen LogP contribution in [0.1, 0.15) is 10.7 Å². The summed E-state index contributed by atoms with van der Waals surface area (Å²) in [6.07, 6.45) is 0.152. The monoisotopic (exact) mass is 205 g/mol. The Bertz CT molecular complexity index is 298. The highest BCUT2D eigenvalue weighted by Gasteiger charge is 2.11. The molecule has 1 aromatic heterocycles. The Hall–Kier alpha value is -0.610. The van der Waals surface area contributed by atoms with Gasteiger partial charge in [0, 0.05) is 0 Å². The average molecular weight is 206 g/mol. The van der Waals surface area contributed by atoms with Crippen molar-refractivity contribution in [3.8, 4) is 0 Å². The van der Waals surface area contributed by atoms with E-state index in [-0.39, 0.29) is 12.4 Å². The van der Waals surface area contributed by atoms with Gasteiger partial charge in [0.15, 0.2) is 0 Å². The quantitative estimate of drug-likeness (QED) is 0.692. The first-order valence-corrected chi connectivity index (χ1v) is 4.51.